The van der Waals surface area contributed by atoms with Crippen LogP contribution in [0.2, 0.25) is 0 Å². The van der Waals surface area contributed by atoms with E-state index in [0.717, 1.165) is 12.1 Å². The highest BCUT2D eigenvalue weighted by molar-refractivity contribution is 5.71. The van der Waals surface area contributed by atoms with E-state index in [1.165, 1.54) is 4.90 Å². The zero-order valence-corrected chi connectivity index (χ0v) is 10.9. The predicted octanol–water partition coefficient (Wildman–Crippen LogP) is 2.38. The van der Waals surface area contributed by atoms with Gasteiger partial charge in [-0.2, -0.15) is 5.26 Å². The summed E-state index contributed by atoms with van der Waals surface area (Å²) in [6.07, 6.45) is 0.491. The van der Waals surface area contributed by atoms with Crippen LogP contribution in [0.5, 0.6) is 0 Å². The van der Waals surface area contributed by atoms with E-state index < -0.39 is 23.5 Å². The van der Waals surface area contributed by atoms with Crippen molar-refractivity contribution in [1.29, 1.82) is 5.26 Å². The maximum Gasteiger partial charge on any atom is 0.308 e. The molecule has 1 aliphatic heterocycles. The Morgan fingerprint density at radius 1 is 1.40 bits per heavy atom. The molecule has 1 aliphatic rings. The van der Waals surface area contributed by atoms with Crippen molar-refractivity contribution in [3.63, 3.8) is 0 Å². The van der Waals surface area contributed by atoms with Crippen molar-refractivity contribution < 1.29 is 18.7 Å². The van der Waals surface area contributed by atoms with Crippen LogP contribution >= 0.6 is 0 Å². The van der Waals surface area contributed by atoms with Gasteiger partial charge in [-0.05, 0) is 24.5 Å². The zero-order chi connectivity index (χ0) is 14.9. The molecule has 0 aromatic heterocycles. The number of carboxylic acids is 1. The number of piperidine rings is 1. The Morgan fingerprint density at radius 3 is 2.50 bits per heavy atom. The van der Waals surface area contributed by atoms with E-state index in [2.05, 4.69) is 0 Å². The van der Waals surface area contributed by atoms with Crippen molar-refractivity contribution in [2.24, 2.45) is 11.8 Å². The molecule has 6 heteroatoms. The van der Waals surface area contributed by atoms with Gasteiger partial charge in [0.2, 0.25) is 0 Å². The summed E-state index contributed by atoms with van der Waals surface area (Å²) in [5.41, 5.74) is -0.342. The standard InChI is InChI=1S/C14H14F2N2O2/c1-8-2-10(14(19)20)7-18(6-8)13-11(15)3-9(5-17)4-12(13)16/h3-4,8,10H,2,6-7H2,1H3,(H,19,20). The van der Waals surface area contributed by atoms with Gasteiger partial charge in [-0.15, -0.1) is 0 Å². The molecule has 106 valence electrons. The fourth-order valence-corrected chi connectivity index (χ4v) is 2.65. The fraction of sp³-hybridized carbons (Fsp3) is 0.429. The predicted molar refractivity (Wildman–Crippen MR) is 68.2 cm³/mol. The molecule has 1 saturated heterocycles. The number of nitriles is 1. The molecule has 2 unspecified atom stereocenters. The largest absolute Gasteiger partial charge is 0.481 e. The summed E-state index contributed by atoms with van der Waals surface area (Å²) < 4.78 is 27.9. The first-order valence-corrected chi connectivity index (χ1v) is 6.29. The van der Waals surface area contributed by atoms with Crippen LogP contribution in [0.4, 0.5) is 14.5 Å². The molecule has 1 aromatic rings. The highest BCUT2D eigenvalue weighted by atomic mass is 19.1. The molecule has 0 amide bonds. The number of carbonyl (C=O) groups is 1. The number of rotatable bonds is 2. The van der Waals surface area contributed by atoms with Gasteiger partial charge < -0.3 is 10.0 Å². The van der Waals surface area contributed by atoms with Crippen LogP contribution in [-0.2, 0) is 4.79 Å². The van der Waals surface area contributed by atoms with Crippen molar-refractivity contribution >= 4 is 11.7 Å². The lowest BCUT2D eigenvalue weighted by Gasteiger charge is -2.36. The molecule has 20 heavy (non-hydrogen) atoms. The number of anilines is 1. The first kappa shape index (κ1) is 14.3. The highest BCUT2D eigenvalue weighted by Crippen LogP contribution is 2.31. The SMILES string of the molecule is CC1CC(C(=O)O)CN(c2c(F)cc(C#N)cc2F)C1. The molecule has 1 N–H and O–H groups in total. The zero-order valence-electron chi connectivity index (χ0n) is 10.9. The first-order valence-electron chi connectivity index (χ1n) is 6.29. The third kappa shape index (κ3) is 2.72. The lowest BCUT2D eigenvalue weighted by atomic mass is 9.90. The number of aliphatic carboxylic acids is 1. The minimum absolute atomic E-state index is 0.0271. The summed E-state index contributed by atoms with van der Waals surface area (Å²) in [6.45, 7) is 2.31. The van der Waals surface area contributed by atoms with Crippen molar-refractivity contribution in [3.05, 3.63) is 29.3 Å². The molecular weight excluding hydrogens is 266 g/mol. The maximum atomic E-state index is 14.0. The molecule has 1 heterocycles. The van der Waals surface area contributed by atoms with Crippen LogP contribution < -0.4 is 4.90 Å². The van der Waals surface area contributed by atoms with Gasteiger partial charge in [0.15, 0.2) is 11.6 Å². The molecule has 0 spiro atoms. The van der Waals surface area contributed by atoms with E-state index in [9.17, 15) is 13.6 Å². The molecule has 2 atom stereocenters. The third-order valence-electron chi connectivity index (χ3n) is 3.47. The van der Waals surface area contributed by atoms with Crippen molar-refractivity contribution in [2.45, 2.75) is 13.3 Å². The second-order valence-corrected chi connectivity index (χ2v) is 5.18. The highest BCUT2D eigenvalue weighted by Gasteiger charge is 2.32. The van der Waals surface area contributed by atoms with Crippen molar-refractivity contribution in [3.8, 4) is 6.07 Å². The van der Waals surface area contributed by atoms with E-state index in [4.69, 9.17) is 10.4 Å². The van der Waals surface area contributed by atoms with E-state index in [1.54, 1.807) is 6.07 Å². The number of hydrogen-bond acceptors (Lipinski definition) is 3. The molecule has 0 radical (unpaired) electrons. The van der Waals surface area contributed by atoms with E-state index in [-0.39, 0.29) is 23.7 Å². The second-order valence-electron chi connectivity index (χ2n) is 5.18. The molecule has 2 rings (SSSR count). The quantitative estimate of drug-likeness (QED) is 0.903. The Kier molecular flexibility index (Phi) is 3.89. The molecule has 1 aromatic carbocycles. The summed E-state index contributed by atoms with van der Waals surface area (Å²) >= 11 is 0. The van der Waals surface area contributed by atoms with Crippen LogP contribution in [0, 0.1) is 34.8 Å². The van der Waals surface area contributed by atoms with Gasteiger partial charge in [0.05, 0.1) is 17.6 Å². The summed E-state index contributed by atoms with van der Waals surface area (Å²) in [6, 6.07) is 3.61. The van der Waals surface area contributed by atoms with Gasteiger partial charge in [0.1, 0.15) is 5.69 Å². The lowest BCUT2D eigenvalue weighted by molar-refractivity contribution is -0.142. The van der Waals surface area contributed by atoms with Crippen LogP contribution in [0.3, 0.4) is 0 Å². The van der Waals surface area contributed by atoms with Gasteiger partial charge in [-0.25, -0.2) is 8.78 Å². The molecule has 1 fully saturated rings. The van der Waals surface area contributed by atoms with Crippen molar-refractivity contribution in [1.82, 2.24) is 0 Å². The Morgan fingerprint density at radius 2 is 2.00 bits per heavy atom. The Labute approximate surface area is 115 Å². The van der Waals surface area contributed by atoms with Gasteiger partial charge in [-0.1, -0.05) is 6.92 Å². The third-order valence-corrected chi connectivity index (χ3v) is 3.47. The normalized spacial score (nSPS) is 22.4. The monoisotopic (exact) mass is 280 g/mol. The molecule has 0 aliphatic carbocycles. The second kappa shape index (κ2) is 5.45. The number of carboxylic acid groups (broad SMARTS) is 1. The number of hydrogen-bond donors (Lipinski definition) is 1. The van der Waals surface area contributed by atoms with Gasteiger partial charge in [-0.3, -0.25) is 4.79 Å². The number of benzene rings is 1. The lowest BCUT2D eigenvalue weighted by Crippen LogP contribution is -2.43. The van der Waals surface area contributed by atoms with E-state index in [1.807, 2.05) is 6.92 Å². The van der Waals surface area contributed by atoms with Crippen LogP contribution in [0.1, 0.15) is 18.9 Å². The Bertz CT molecular complexity index is 560. The molecule has 4 nitrogen and oxygen atoms in total. The molecule has 0 bridgehead atoms. The number of nitrogens with zero attached hydrogens (tertiary/aromatic N) is 2. The maximum absolute atomic E-state index is 14.0. The smallest absolute Gasteiger partial charge is 0.308 e. The number of halogens is 2. The van der Waals surface area contributed by atoms with Gasteiger partial charge >= 0.3 is 5.97 Å². The topological polar surface area (TPSA) is 64.3 Å². The first-order chi connectivity index (χ1) is 9.42. The average Bonchev–Trinajstić information content (AvgIpc) is 2.37. The molecule has 0 saturated carbocycles. The molecular formula is C14H14F2N2O2. The van der Waals surface area contributed by atoms with E-state index >= 15 is 0 Å². The summed E-state index contributed by atoms with van der Waals surface area (Å²) in [5, 5.41) is 17.8. The Balaban J connectivity index is 2.36. The minimum Gasteiger partial charge on any atom is -0.481 e. The average molecular weight is 280 g/mol. The van der Waals surface area contributed by atoms with Crippen LogP contribution in [-0.4, -0.2) is 24.2 Å². The summed E-state index contributed by atoms with van der Waals surface area (Å²) in [7, 11) is 0. The van der Waals surface area contributed by atoms with E-state index in [0.29, 0.717) is 13.0 Å². The minimum atomic E-state index is -0.962. The van der Waals surface area contributed by atoms with Crippen LogP contribution in [0.15, 0.2) is 12.1 Å². The van der Waals surface area contributed by atoms with Gasteiger partial charge in [0, 0.05) is 13.1 Å². The van der Waals surface area contributed by atoms with Crippen molar-refractivity contribution in [2.75, 3.05) is 18.0 Å². The fourth-order valence-electron chi connectivity index (χ4n) is 2.65. The van der Waals surface area contributed by atoms with Crippen LogP contribution in [0.25, 0.3) is 0 Å². The Hall–Kier alpha value is -2.16. The summed E-state index contributed by atoms with van der Waals surface area (Å²) in [5.74, 6) is -3.25. The summed E-state index contributed by atoms with van der Waals surface area (Å²) in [4.78, 5) is 12.5. The van der Waals surface area contributed by atoms with Gasteiger partial charge in [0.25, 0.3) is 0 Å².